The molecule has 0 aliphatic carbocycles. The smallest absolute Gasteiger partial charge is 0.195 e. The first-order valence-electron chi connectivity index (χ1n) is 10.1. The summed E-state index contributed by atoms with van der Waals surface area (Å²) in [5.74, 6) is 1.59. The van der Waals surface area contributed by atoms with Gasteiger partial charge in [0.2, 0.25) is 0 Å². The van der Waals surface area contributed by atoms with E-state index in [1.54, 1.807) is 6.20 Å². The molecule has 1 atom stereocenters. The maximum atomic E-state index is 5.89. The van der Waals surface area contributed by atoms with Crippen LogP contribution in [-0.2, 0) is 12.8 Å². The molecule has 0 unspecified atom stereocenters. The molecule has 2 aromatic carbocycles. The van der Waals surface area contributed by atoms with Gasteiger partial charge in [0.05, 0.1) is 6.20 Å². The average molecular weight is 385 g/mol. The van der Waals surface area contributed by atoms with Gasteiger partial charge >= 0.3 is 0 Å². The van der Waals surface area contributed by atoms with Crippen LogP contribution in [0.15, 0.2) is 71.4 Å². The van der Waals surface area contributed by atoms with Gasteiger partial charge in [-0.15, -0.1) is 0 Å². The van der Waals surface area contributed by atoms with Crippen molar-refractivity contribution in [1.82, 2.24) is 15.3 Å². The molecule has 1 saturated heterocycles. The van der Waals surface area contributed by atoms with Gasteiger partial charge in [-0.1, -0.05) is 36.4 Å². The highest BCUT2D eigenvalue weighted by Crippen LogP contribution is 2.25. The third kappa shape index (κ3) is 4.15. The molecule has 0 radical (unpaired) electrons. The number of aromatic nitrogens is 2. The Bertz CT molecular complexity index is 1080. The second-order valence-corrected chi connectivity index (χ2v) is 7.44. The van der Waals surface area contributed by atoms with E-state index in [4.69, 9.17) is 9.15 Å². The van der Waals surface area contributed by atoms with Crippen LogP contribution in [-0.4, -0.2) is 29.2 Å². The Morgan fingerprint density at radius 1 is 1.00 bits per heavy atom. The SMILES string of the molecule is c1cc(CCc2nc3ccccc3o2)cc(-c2cncc(OC[C@@H]3CCN3)c2)c1. The van der Waals surface area contributed by atoms with Crippen molar-refractivity contribution in [3.05, 3.63) is 78.4 Å². The fourth-order valence-electron chi connectivity index (χ4n) is 3.53. The van der Waals surface area contributed by atoms with Crippen LogP contribution in [0.5, 0.6) is 5.75 Å². The summed E-state index contributed by atoms with van der Waals surface area (Å²) in [5, 5.41) is 3.35. The molecule has 1 N–H and O–H groups in total. The summed E-state index contributed by atoms with van der Waals surface area (Å²) < 4.78 is 11.7. The Hall–Kier alpha value is -3.18. The first-order valence-corrected chi connectivity index (χ1v) is 10.1. The Morgan fingerprint density at radius 2 is 1.93 bits per heavy atom. The lowest BCUT2D eigenvalue weighted by molar-refractivity contribution is 0.217. The van der Waals surface area contributed by atoms with Gasteiger partial charge in [-0.05, 0) is 48.7 Å². The summed E-state index contributed by atoms with van der Waals surface area (Å²) in [5.41, 5.74) is 5.20. The summed E-state index contributed by atoms with van der Waals surface area (Å²) in [7, 11) is 0. The van der Waals surface area contributed by atoms with Gasteiger partial charge in [0.1, 0.15) is 17.9 Å². The van der Waals surface area contributed by atoms with Crippen LogP contribution in [0, 0.1) is 0 Å². The predicted molar refractivity (Wildman–Crippen MR) is 113 cm³/mol. The quantitative estimate of drug-likeness (QED) is 0.510. The number of pyridine rings is 1. The van der Waals surface area contributed by atoms with Crippen molar-refractivity contribution in [2.75, 3.05) is 13.2 Å². The summed E-state index contributed by atoms with van der Waals surface area (Å²) in [4.78, 5) is 8.93. The lowest BCUT2D eigenvalue weighted by Gasteiger charge is -2.27. The number of nitrogens with zero attached hydrogens (tertiary/aromatic N) is 2. The Morgan fingerprint density at radius 3 is 2.79 bits per heavy atom. The number of hydrogen-bond donors (Lipinski definition) is 1. The molecule has 0 bridgehead atoms. The van der Waals surface area contributed by atoms with Gasteiger partial charge in [0, 0.05) is 24.2 Å². The van der Waals surface area contributed by atoms with Crippen LogP contribution >= 0.6 is 0 Å². The van der Waals surface area contributed by atoms with Crippen LogP contribution in [0.1, 0.15) is 17.9 Å². The Balaban J connectivity index is 1.27. The van der Waals surface area contributed by atoms with Crippen LogP contribution in [0.4, 0.5) is 0 Å². The standard InChI is InChI=1S/C24H23N3O2/c1-2-7-23-22(6-1)27-24(29-23)9-8-17-4-3-5-18(12-17)19-13-21(15-25-14-19)28-16-20-10-11-26-20/h1-7,12-15,20,26H,8-11,16H2/t20-/m0/s1. The minimum absolute atomic E-state index is 0.467. The summed E-state index contributed by atoms with van der Waals surface area (Å²) in [6, 6.07) is 18.9. The van der Waals surface area contributed by atoms with Crippen LogP contribution in [0.25, 0.3) is 22.2 Å². The van der Waals surface area contributed by atoms with Crippen molar-refractivity contribution in [2.24, 2.45) is 0 Å². The second-order valence-electron chi connectivity index (χ2n) is 7.44. The molecule has 5 heteroatoms. The molecule has 1 fully saturated rings. The predicted octanol–water partition coefficient (Wildman–Crippen LogP) is 4.42. The molecule has 1 aliphatic rings. The van der Waals surface area contributed by atoms with Crippen molar-refractivity contribution < 1.29 is 9.15 Å². The molecular weight excluding hydrogens is 362 g/mol. The van der Waals surface area contributed by atoms with Gasteiger partial charge in [-0.25, -0.2) is 4.98 Å². The number of benzene rings is 2. The van der Waals surface area contributed by atoms with E-state index in [1.807, 2.05) is 30.5 Å². The molecular formula is C24H23N3O2. The zero-order valence-electron chi connectivity index (χ0n) is 16.2. The number of rotatable bonds is 7. The molecule has 29 heavy (non-hydrogen) atoms. The zero-order chi connectivity index (χ0) is 19.5. The van der Waals surface area contributed by atoms with Crippen molar-refractivity contribution in [3.63, 3.8) is 0 Å². The molecule has 1 aliphatic heterocycles. The number of aryl methyl sites for hydroxylation is 2. The van der Waals surface area contributed by atoms with Gasteiger partial charge in [-0.3, -0.25) is 4.98 Å². The molecule has 0 amide bonds. The highest BCUT2D eigenvalue weighted by Gasteiger charge is 2.16. The van der Waals surface area contributed by atoms with Crippen molar-refractivity contribution >= 4 is 11.1 Å². The largest absolute Gasteiger partial charge is 0.490 e. The van der Waals surface area contributed by atoms with E-state index >= 15 is 0 Å². The van der Waals surface area contributed by atoms with E-state index < -0.39 is 0 Å². The molecule has 146 valence electrons. The van der Waals surface area contributed by atoms with E-state index in [-0.39, 0.29) is 0 Å². The molecule has 5 nitrogen and oxygen atoms in total. The third-order valence-corrected chi connectivity index (χ3v) is 5.32. The number of ether oxygens (including phenoxy) is 1. The van der Waals surface area contributed by atoms with Gasteiger partial charge in [-0.2, -0.15) is 0 Å². The summed E-state index contributed by atoms with van der Waals surface area (Å²) in [6.45, 7) is 1.78. The van der Waals surface area contributed by atoms with Crippen LogP contribution in [0.3, 0.4) is 0 Å². The molecule has 0 saturated carbocycles. The first kappa shape index (κ1) is 17.9. The highest BCUT2D eigenvalue weighted by atomic mass is 16.5. The molecule has 5 rings (SSSR count). The number of para-hydroxylation sites is 2. The summed E-state index contributed by atoms with van der Waals surface area (Å²) in [6.07, 6.45) is 6.48. The minimum atomic E-state index is 0.467. The van der Waals surface area contributed by atoms with Gasteiger partial charge < -0.3 is 14.5 Å². The third-order valence-electron chi connectivity index (χ3n) is 5.32. The maximum Gasteiger partial charge on any atom is 0.195 e. The highest BCUT2D eigenvalue weighted by molar-refractivity contribution is 5.72. The fourth-order valence-corrected chi connectivity index (χ4v) is 3.53. The van der Waals surface area contributed by atoms with E-state index in [1.165, 1.54) is 12.0 Å². The van der Waals surface area contributed by atoms with E-state index in [9.17, 15) is 0 Å². The van der Waals surface area contributed by atoms with Crippen molar-refractivity contribution in [3.8, 4) is 16.9 Å². The first-order chi connectivity index (χ1) is 14.3. The average Bonchev–Trinajstić information content (AvgIpc) is 3.15. The molecule has 4 aromatic rings. The Labute approximate surface area is 169 Å². The maximum absolute atomic E-state index is 5.89. The minimum Gasteiger partial charge on any atom is -0.490 e. The van der Waals surface area contributed by atoms with Gasteiger partial charge in [0.15, 0.2) is 11.5 Å². The van der Waals surface area contributed by atoms with Gasteiger partial charge in [0.25, 0.3) is 0 Å². The van der Waals surface area contributed by atoms with Crippen molar-refractivity contribution in [2.45, 2.75) is 25.3 Å². The molecule has 0 spiro atoms. The second kappa shape index (κ2) is 8.05. The summed E-state index contributed by atoms with van der Waals surface area (Å²) >= 11 is 0. The van der Waals surface area contributed by atoms with E-state index in [0.29, 0.717) is 12.6 Å². The zero-order valence-corrected chi connectivity index (χ0v) is 16.2. The van der Waals surface area contributed by atoms with E-state index in [2.05, 4.69) is 45.6 Å². The lowest BCUT2D eigenvalue weighted by atomic mass is 10.0. The fraction of sp³-hybridized carbons (Fsp3) is 0.250. The molecule has 3 heterocycles. The van der Waals surface area contributed by atoms with Crippen molar-refractivity contribution in [1.29, 1.82) is 0 Å². The number of nitrogens with one attached hydrogen (secondary N) is 1. The number of hydrogen-bond acceptors (Lipinski definition) is 5. The number of fused-ring (bicyclic) bond motifs is 1. The number of oxazole rings is 1. The monoisotopic (exact) mass is 385 g/mol. The topological polar surface area (TPSA) is 60.2 Å². The van der Waals surface area contributed by atoms with Crippen LogP contribution < -0.4 is 10.1 Å². The Kier molecular flexibility index (Phi) is 4.97. The molecule has 2 aromatic heterocycles. The van der Waals surface area contributed by atoms with E-state index in [0.717, 1.165) is 53.3 Å². The lowest BCUT2D eigenvalue weighted by Crippen LogP contribution is -2.46. The normalized spacial score (nSPS) is 15.9. The van der Waals surface area contributed by atoms with Crippen LogP contribution in [0.2, 0.25) is 0 Å².